The van der Waals surface area contributed by atoms with Crippen molar-refractivity contribution in [1.29, 1.82) is 0 Å². The maximum Gasteiger partial charge on any atom is -0.0185 e. The lowest BCUT2D eigenvalue weighted by molar-refractivity contribution is 1.04. The molecule has 0 bridgehead atoms. The minimum Gasteiger partial charge on any atom is -0.0836 e. The van der Waals surface area contributed by atoms with Crippen LogP contribution in [-0.2, 0) is 0 Å². The van der Waals surface area contributed by atoms with E-state index in [1.165, 1.54) is 35.1 Å². The van der Waals surface area contributed by atoms with Crippen molar-refractivity contribution in [3.63, 3.8) is 0 Å². The van der Waals surface area contributed by atoms with Crippen LogP contribution in [0.5, 0.6) is 0 Å². The van der Waals surface area contributed by atoms with Gasteiger partial charge in [0.05, 0.1) is 0 Å². The maximum absolute atomic E-state index is 2.32. The highest BCUT2D eigenvalue weighted by atomic mass is 14.1. The standard InChI is InChI=1S/C14H16/c1-11-8-9-14(10-12(11)2)13-6-4-3-5-7-13/h4,6-10H,3,5H2,1-2H3. The van der Waals surface area contributed by atoms with Crippen LogP contribution in [0.25, 0.3) is 5.57 Å². The van der Waals surface area contributed by atoms with Gasteiger partial charge >= 0.3 is 0 Å². The van der Waals surface area contributed by atoms with Crippen molar-refractivity contribution in [1.82, 2.24) is 0 Å². The van der Waals surface area contributed by atoms with E-state index in [0.717, 1.165) is 0 Å². The zero-order valence-corrected chi connectivity index (χ0v) is 8.88. The van der Waals surface area contributed by atoms with E-state index in [-0.39, 0.29) is 0 Å². The average molecular weight is 184 g/mol. The van der Waals surface area contributed by atoms with Crippen LogP contribution in [0.1, 0.15) is 29.5 Å². The summed E-state index contributed by atoms with van der Waals surface area (Å²) in [6, 6.07) is 6.69. The average Bonchev–Trinajstić information content (AvgIpc) is 2.23. The van der Waals surface area contributed by atoms with Crippen molar-refractivity contribution >= 4 is 5.57 Å². The van der Waals surface area contributed by atoms with Crippen LogP contribution in [-0.4, -0.2) is 0 Å². The first-order valence-electron chi connectivity index (χ1n) is 5.22. The predicted octanol–water partition coefficient (Wildman–Crippen LogP) is 4.04. The lowest BCUT2D eigenvalue weighted by Gasteiger charge is -2.09. The van der Waals surface area contributed by atoms with E-state index in [4.69, 9.17) is 0 Å². The van der Waals surface area contributed by atoms with Gasteiger partial charge in [-0.3, -0.25) is 0 Å². The molecule has 1 aromatic carbocycles. The molecule has 72 valence electrons. The van der Waals surface area contributed by atoms with E-state index in [0.29, 0.717) is 0 Å². The zero-order valence-electron chi connectivity index (χ0n) is 8.88. The molecule has 0 spiro atoms. The van der Waals surface area contributed by atoms with Gasteiger partial charge < -0.3 is 0 Å². The van der Waals surface area contributed by atoms with Crippen LogP contribution < -0.4 is 0 Å². The number of hydrogen-bond acceptors (Lipinski definition) is 0. The first-order valence-corrected chi connectivity index (χ1v) is 5.22. The monoisotopic (exact) mass is 184 g/mol. The van der Waals surface area contributed by atoms with Crippen molar-refractivity contribution < 1.29 is 0 Å². The largest absolute Gasteiger partial charge is 0.0836 e. The molecular weight excluding hydrogens is 168 g/mol. The highest BCUT2D eigenvalue weighted by Crippen LogP contribution is 2.22. The van der Waals surface area contributed by atoms with Gasteiger partial charge in [-0.25, -0.2) is 0 Å². The predicted molar refractivity (Wildman–Crippen MR) is 62.3 cm³/mol. The highest BCUT2D eigenvalue weighted by Gasteiger charge is 2.02. The summed E-state index contributed by atoms with van der Waals surface area (Å²) in [4.78, 5) is 0. The van der Waals surface area contributed by atoms with Crippen molar-refractivity contribution in [3.8, 4) is 0 Å². The number of allylic oxidation sites excluding steroid dienone is 4. The van der Waals surface area contributed by atoms with E-state index in [9.17, 15) is 0 Å². The molecule has 14 heavy (non-hydrogen) atoms. The van der Waals surface area contributed by atoms with Gasteiger partial charge in [0, 0.05) is 0 Å². The van der Waals surface area contributed by atoms with Gasteiger partial charge in [-0.1, -0.05) is 36.4 Å². The summed E-state index contributed by atoms with van der Waals surface area (Å²) >= 11 is 0. The van der Waals surface area contributed by atoms with Crippen LogP contribution in [0.15, 0.2) is 36.4 Å². The van der Waals surface area contributed by atoms with Crippen molar-refractivity contribution in [2.24, 2.45) is 0 Å². The molecule has 0 saturated carbocycles. The van der Waals surface area contributed by atoms with Crippen molar-refractivity contribution in [2.45, 2.75) is 26.7 Å². The zero-order chi connectivity index (χ0) is 9.97. The molecule has 1 aromatic rings. The minimum absolute atomic E-state index is 1.18. The molecule has 0 aromatic heterocycles. The molecule has 1 aliphatic rings. The normalized spacial score (nSPS) is 15.4. The van der Waals surface area contributed by atoms with Gasteiger partial charge in [-0.05, 0) is 49.0 Å². The molecule has 0 atom stereocenters. The van der Waals surface area contributed by atoms with Crippen molar-refractivity contribution in [2.75, 3.05) is 0 Å². The van der Waals surface area contributed by atoms with Crippen LogP contribution in [0.3, 0.4) is 0 Å². The molecule has 0 nitrogen and oxygen atoms in total. The third-order valence-corrected chi connectivity index (χ3v) is 2.84. The molecule has 0 radical (unpaired) electrons. The Hall–Kier alpha value is -1.30. The van der Waals surface area contributed by atoms with Gasteiger partial charge in [0.15, 0.2) is 0 Å². The Morgan fingerprint density at radius 1 is 1.00 bits per heavy atom. The van der Waals surface area contributed by atoms with Crippen molar-refractivity contribution in [3.05, 3.63) is 53.1 Å². The molecule has 0 amide bonds. The molecular formula is C14H16. The lowest BCUT2D eigenvalue weighted by atomic mass is 9.97. The summed E-state index contributed by atoms with van der Waals surface area (Å²) in [6.45, 7) is 4.33. The Morgan fingerprint density at radius 2 is 1.86 bits per heavy atom. The first kappa shape index (κ1) is 9.26. The van der Waals surface area contributed by atoms with Crippen LogP contribution in [0.4, 0.5) is 0 Å². The van der Waals surface area contributed by atoms with Crippen LogP contribution in [0, 0.1) is 13.8 Å². The quantitative estimate of drug-likeness (QED) is 0.618. The maximum atomic E-state index is 2.32. The van der Waals surface area contributed by atoms with Crippen LogP contribution >= 0.6 is 0 Å². The molecule has 0 fully saturated rings. The van der Waals surface area contributed by atoms with E-state index in [1.807, 2.05) is 0 Å². The minimum atomic E-state index is 1.18. The summed E-state index contributed by atoms with van der Waals surface area (Å²) in [5, 5.41) is 0. The number of benzene rings is 1. The second kappa shape index (κ2) is 3.83. The molecule has 0 saturated heterocycles. The summed E-state index contributed by atoms with van der Waals surface area (Å²) < 4.78 is 0. The van der Waals surface area contributed by atoms with Gasteiger partial charge in [0.2, 0.25) is 0 Å². The second-order valence-electron chi connectivity index (χ2n) is 3.94. The number of aryl methyl sites for hydroxylation is 2. The van der Waals surface area contributed by atoms with Gasteiger partial charge in [0.1, 0.15) is 0 Å². The second-order valence-corrected chi connectivity index (χ2v) is 3.94. The molecule has 0 N–H and O–H groups in total. The Bertz CT molecular complexity index is 394. The van der Waals surface area contributed by atoms with E-state index >= 15 is 0 Å². The first-order chi connectivity index (χ1) is 6.77. The summed E-state index contributed by atoms with van der Waals surface area (Å²) in [5.74, 6) is 0. The summed E-state index contributed by atoms with van der Waals surface area (Å²) in [5.41, 5.74) is 5.47. The number of hydrogen-bond donors (Lipinski definition) is 0. The molecule has 0 unspecified atom stereocenters. The molecule has 0 aliphatic heterocycles. The molecule has 0 heteroatoms. The Balaban J connectivity index is 2.37. The summed E-state index contributed by atoms with van der Waals surface area (Å²) in [6.07, 6.45) is 9.18. The SMILES string of the molecule is Cc1ccc(C2=CCCC=C2)cc1C. The Labute approximate surface area is 86.0 Å². The number of rotatable bonds is 1. The fourth-order valence-electron chi connectivity index (χ4n) is 1.75. The topological polar surface area (TPSA) is 0 Å². The molecule has 2 rings (SSSR count). The molecule has 0 heterocycles. The van der Waals surface area contributed by atoms with Gasteiger partial charge in [-0.2, -0.15) is 0 Å². The van der Waals surface area contributed by atoms with Gasteiger partial charge in [0.25, 0.3) is 0 Å². The summed E-state index contributed by atoms with van der Waals surface area (Å²) in [7, 11) is 0. The Kier molecular flexibility index (Phi) is 2.53. The lowest BCUT2D eigenvalue weighted by Crippen LogP contribution is -1.88. The van der Waals surface area contributed by atoms with Gasteiger partial charge in [-0.15, -0.1) is 0 Å². The highest BCUT2D eigenvalue weighted by molar-refractivity contribution is 5.75. The fraction of sp³-hybridized carbons (Fsp3) is 0.286. The smallest absolute Gasteiger partial charge is 0.0185 e. The van der Waals surface area contributed by atoms with Crippen LogP contribution in [0.2, 0.25) is 0 Å². The Morgan fingerprint density at radius 3 is 2.50 bits per heavy atom. The fourth-order valence-corrected chi connectivity index (χ4v) is 1.75. The third-order valence-electron chi connectivity index (χ3n) is 2.84. The van der Waals surface area contributed by atoms with E-state index < -0.39 is 0 Å². The molecule has 1 aliphatic carbocycles. The third kappa shape index (κ3) is 1.79. The van der Waals surface area contributed by atoms with E-state index in [2.05, 4.69) is 50.3 Å². The van der Waals surface area contributed by atoms with E-state index in [1.54, 1.807) is 0 Å².